The van der Waals surface area contributed by atoms with Crippen molar-refractivity contribution < 1.29 is 9.18 Å². The first-order valence-electron chi connectivity index (χ1n) is 7.35. The molecule has 2 heterocycles. The lowest BCUT2D eigenvalue weighted by molar-refractivity contribution is -0.124. The van der Waals surface area contributed by atoms with Crippen molar-refractivity contribution in [2.24, 2.45) is 10.2 Å². The minimum absolute atomic E-state index is 0.0336. The van der Waals surface area contributed by atoms with Crippen LogP contribution in [0.3, 0.4) is 0 Å². The Bertz CT molecular complexity index is 790. The summed E-state index contributed by atoms with van der Waals surface area (Å²) in [5, 5.41) is 8.93. The molecule has 1 aliphatic heterocycles. The first-order valence-corrected chi connectivity index (χ1v) is 8.33. The molecular weight excluding hydrogens is 327 g/mol. The highest BCUT2D eigenvalue weighted by molar-refractivity contribution is 8.15. The highest BCUT2D eigenvalue weighted by Crippen LogP contribution is 2.22. The average molecular weight is 342 g/mol. The molecule has 1 aromatic heterocycles. The van der Waals surface area contributed by atoms with Crippen molar-refractivity contribution in [3.8, 4) is 0 Å². The summed E-state index contributed by atoms with van der Waals surface area (Å²) in [7, 11) is 0. The number of aromatic nitrogens is 1. The van der Waals surface area contributed by atoms with Gasteiger partial charge in [0.05, 0.1) is 23.7 Å². The number of carbonyl (C=O) groups is 1. The summed E-state index contributed by atoms with van der Waals surface area (Å²) >= 11 is 1.34. The van der Waals surface area contributed by atoms with Gasteiger partial charge in [-0.25, -0.2) is 4.39 Å². The molecule has 7 heteroatoms. The minimum Gasteiger partial charge on any atom is -0.285 e. The third kappa shape index (κ3) is 3.86. The van der Waals surface area contributed by atoms with Crippen LogP contribution in [0.15, 0.2) is 58.9 Å². The maximum absolute atomic E-state index is 13.0. The van der Waals surface area contributed by atoms with Crippen LogP contribution >= 0.6 is 11.8 Å². The van der Waals surface area contributed by atoms with E-state index in [0.29, 0.717) is 23.2 Å². The summed E-state index contributed by atoms with van der Waals surface area (Å²) in [5.41, 5.74) is 2.25. The molecule has 1 fully saturated rings. The molecule has 0 aliphatic carbocycles. The Morgan fingerprint density at radius 1 is 1.29 bits per heavy atom. The van der Waals surface area contributed by atoms with Gasteiger partial charge in [-0.2, -0.15) is 5.10 Å². The van der Waals surface area contributed by atoms with Crippen LogP contribution < -0.4 is 0 Å². The number of amides is 1. The van der Waals surface area contributed by atoms with E-state index in [1.54, 1.807) is 23.2 Å². The molecule has 0 N–H and O–H groups in total. The van der Waals surface area contributed by atoms with Gasteiger partial charge in [0, 0.05) is 6.20 Å². The van der Waals surface area contributed by atoms with Gasteiger partial charge in [-0.05, 0) is 36.8 Å². The summed E-state index contributed by atoms with van der Waals surface area (Å²) in [6, 6.07) is 11.6. The predicted molar refractivity (Wildman–Crippen MR) is 93.3 cm³/mol. The van der Waals surface area contributed by atoms with Gasteiger partial charge < -0.3 is 0 Å². The zero-order chi connectivity index (χ0) is 16.9. The number of halogens is 1. The van der Waals surface area contributed by atoms with E-state index in [9.17, 15) is 9.18 Å². The van der Waals surface area contributed by atoms with Crippen LogP contribution in [0.2, 0.25) is 0 Å². The molecule has 1 amide bonds. The number of hydrogen-bond donors (Lipinski definition) is 0. The van der Waals surface area contributed by atoms with Crippen LogP contribution in [0.4, 0.5) is 4.39 Å². The number of thioether (sulfide) groups is 1. The number of nitrogens with zero attached hydrogens (tertiary/aromatic N) is 4. The molecular formula is C17H15FN4OS. The molecule has 0 bridgehead atoms. The highest BCUT2D eigenvalue weighted by Gasteiger charge is 2.28. The Morgan fingerprint density at radius 2 is 2.08 bits per heavy atom. The lowest BCUT2D eigenvalue weighted by Gasteiger charge is -2.15. The van der Waals surface area contributed by atoms with Gasteiger partial charge in [-0.15, -0.1) is 5.10 Å². The van der Waals surface area contributed by atoms with Crippen LogP contribution in [0.25, 0.3) is 0 Å². The van der Waals surface area contributed by atoms with E-state index in [0.717, 1.165) is 11.3 Å². The summed E-state index contributed by atoms with van der Waals surface area (Å²) in [4.78, 5) is 17.8. The molecule has 5 nitrogen and oxygen atoms in total. The van der Waals surface area contributed by atoms with Crippen molar-refractivity contribution in [3.05, 3.63) is 65.7 Å². The van der Waals surface area contributed by atoms with Crippen molar-refractivity contribution in [2.45, 2.75) is 13.5 Å². The maximum atomic E-state index is 13.0. The van der Waals surface area contributed by atoms with E-state index in [1.165, 1.54) is 23.9 Å². The Labute approximate surface area is 143 Å². The van der Waals surface area contributed by atoms with E-state index in [2.05, 4.69) is 15.2 Å². The SMILES string of the molecule is C/C(=N/N=C1\SCC(=O)N1Cc1ccc(F)cc1)c1ccccn1. The fourth-order valence-electron chi connectivity index (χ4n) is 2.15. The Kier molecular flexibility index (Phi) is 5.00. The third-order valence-corrected chi connectivity index (χ3v) is 4.38. The summed E-state index contributed by atoms with van der Waals surface area (Å²) in [5.74, 6) is -0.00262. The van der Waals surface area contributed by atoms with Gasteiger partial charge >= 0.3 is 0 Å². The molecule has 122 valence electrons. The van der Waals surface area contributed by atoms with Crippen molar-refractivity contribution >= 4 is 28.5 Å². The molecule has 24 heavy (non-hydrogen) atoms. The van der Waals surface area contributed by atoms with E-state index < -0.39 is 0 Å². The average Bonchev–Trinajstić information content (AvgIpc) is 2.95. The second kappa shape index (κ2) is 7.35. The van der Waals surface area contributed by atoms with Gasteiger partial charge in [0.2, 0.25) is 5.91 Å². The third-order valence-electron chi connectivity index (χ3n) is 3.43. The molecule has 2 aromatic rings. The Hall–Kier alpha value is -2.54. The number of rotatable bonds is 4. The van der Waals surface area contributed by atoms with Crippen molar-refractivity contribution in [2.75, 3.05) is 5.75 Å². The number of hydrogen-bond acceptors (Lipinski definition) is 5. The second-order valence-corrected chi connectivity index (χ2v) is 6.12. The van der Waals surface area contributed by atoms with E-state index in [1.807, 2.05) is 25.1 Å². The zero-order valence-corrected chi connectivity index (χ0v) is 13.8. The molecule has 1 aromatic carbocycles. The summed E-state index contributed by atoms with van der Waals surface area (Å²) in [6.45, 7) is 2.17. The largest absolute Gasteiger partial charge is 0.285 e. The lowest BCUT2D eigenvalue weighted by Crippen LogP contribution is -2.28. The summed E-state index contributed by atoms with van der Waals surface area (Å²) in [6.07, 6.45) is 1.69. The lowest BCUT2D eigenvalue weighted by atomic mass is 10.2. The fraction of sp³-hybridized carbons (Fsp3) is 0.176. The Balaban J connectivity index is 1.78. The number of pyridine rings is 1. The van der Waals surface area contributed by atoms with Gasteiger partial charge in [0.15, 0.2) is 5.17 Å². The normalized spacial score (nSPS) is 16.9. The topological polar surface area (TPSA) is 57.9 Å². The minimum atomic E-state index is -0.301. The number of benzene rings is 1. The smallest absolute Gasteiger partial charge is 0.239 e. The van der Waals surface area contributed by atoms with Crippen LogP contribution in [-0.2, 0) is 11.3 Å². The Morgan fingerprint density at radius 3 is 2.79 bits per heavy atom. The van der Waals surface area contributed by atoms with Crippen LogP contribution in [0.1, 0.15) is 18.2 Å². The maximum Gasteiger partial charge on any atom is 0.239 e. The van der Waals surface area contributed by atoms with Gasteiger partial charge in [0.1, 0.15) is 5.82 Å². The molecule has 0 spiro atoms. The molecule has 0 atom stereocenters. The van der Waals surface area contributed by atoms with Gasteiger partial charge in [-0.1, -0.05) is 30.0 Å². The molecule has 1 saturated heterocycles. The summed E-state index contributed by atoms with van der Waals surface area (Å²) < 4.78 is 13.0. The zero-order valence-electron chi connectivity index (χ0n) is 13.0. The number of carbonyl (C=O) groups excluding carboxylic acids is 1. The van der Waals surface area contributed by atoms with E-state index in [4.69, 9.17) is 0 Å². The monoisotopic (exact) mass is 342 g/mol. The van der Waals surface area contributed by atoms with Crippen LogP contribution in [0, 0.1) is 5.82 Å². The standard InChI is InChI=1S/C17H15FN4OS/c1-12(15-4-2-3-9-19-15)20-21-17-22(16(23)11-24-17)10-13-5-7-14(18)8-6-13/h2-9H,10-11H2,1H3/b20-12-,21-17-. The first kappa shape index (κ1) is 16.3. The molecule has 0 unspecified atom stereocenters. The van der Waals surface area contributed by atoms with Crippen LogP contribution in [-0.4, -0.2) is 32.4 Å². The first-order chi connectivity index (χ1) is 11.6. The predicted octanol–water partition coefficient (Wildman–Crippen LogP) is 3.08. The van der Waals surface area contributed by atoms with E-state index >= 15 is 0 Å². The highest BCUT2D eigenvalue weighted by atomic mass is 32.2. The van der Waals surface area contributed by atoms with Gasteiger partial charge in [0.25, 0.3) is 0 Å². The van der Waals surface area contributed by atoms with Gasteiger partial charge in [-0.3, -0.25) is 14.7 Å². The van der Waals surface area contributed by atoms with Crippen molar-refractivity contribution in [1.82, 2.24) is 9.88 Å². The van der Waals surface area contributed by atoms with Crippen molar-refractivity contribution in [1.29, 1.82) is 0 Å². The molecule has 0 radical (unpaired) electrons. The quantitative estimate of drug-likeness (QED) is 0.634. The number of amidine groups is 1. The second-order valence-electron chi connectivity index (χ2n) is 5.18. The molecule has 3 rings (SSSR count). The fourth-order valence-corrected chi connectivity index (χ4v) is 2.97. The molecule has 1 aliphatic rings. The van der Waals surface area contributed by atoms with Crippen molar-refractivity contribution in [3.63, 3.8) is 0 Å². The molecule has 0 saturated carbocycles. The van der Waals surface area contributed by atoms with Crippen LogP contribution in [0.5, 0.6) is 0 Å². The van der Waals surface area contributed by atoms with E-state index in [-0.39, 0.29) is 11.7 Å².